The molecule has 0 aliphatic carbocycles. The maximum absolute atomic E-state index is 13.1. The van der Waals surface area contributed by atoms with Crippen LogP contribution in [0.4, 0.5) is 4.39 Å². The second kappa shape index (κ2) is 11.0. The van der Waals surface area contributed by atoms with Crippen molar-refractivity contribution in [1.29, 1.82) is 0 Å². The van der Waals surface area contributed by atoms with Crippen molar-refractivity contribution < 1.29 is 9.13 Å². The van der Waals surface area contributed by atoms with Gasteiger partial charge in [0.1, 0.15) is 5.82 Å². The van der Waals surface area contributed by atoms with Gasteiger partial charge in [-0.15, -0.1) is 0 Å². The van der Waals surface area contributed by atoms with Crippen LogP contribution in [-0.2, 0) is 11.2 Å². The quantitative estimate of drug-likeness (QED) is 0.542. The largest absolute Gasteiger partial charge is 0.378 e. The van der Waals surface area contributed by atoms with Gasteiger partial charge < -0.3 is 15.4 Å². The molecule has 0 aliphatic heterocycles. The van der Waals surface area contributed by atoms with Crippen molar-refractivity contribution in [1.82, 2.24) is 10.6 Å². The highest BCUT2D eigenvalue weighted by Gasteiger charge is 2.12. The number of halogens is 1. The summed E-state index contributed by atoms with van der Waals surface area (Å²) in [7, 11) is 1.75. The molecule has 0 fully saturated rings. The molecular formula is C18H30FN3O. The Morgan fingerprint density at radius 1 is 1.26 bits per heavy atom. The molecule has 23 heavy (non-hydrogen) atoms. The van der Waals surface area contributed by atoms with Gasteiger partial charge in [0, 0.05) is 26.7 Å². The molecule has 0 saturated carbocycles. The van der Waals surface area contributed by atoms with E-state index < -0.39 is 0 Å². The Morgan fingerprint density at radius 3 is 2.61 bits per heavy atom. The Kier molecular flexibility index (Phi) is 9.29. The number of hydrogen-bond donors (Lipinski definition) is 2. The predicted molar refractivity (Wildman–Crippen MR) is 94.3 cm³/mol. The van der Waals surface area contributed by atoms with E-state index >= 15 is 0 Å². The van der Waals surface area contributed by atoms with Gasteiger partial charge in [0.05, 0.1) is 6.10 Å². The van der Waals surface area contributed by atoms with Gasteiger partial charge in [0.15, 0.2) is 5.96 Å². The van der Waals surface area contributed by atoms with Crippen LogP contribution in [0.2, 0.25) is 0 Å². The molecule has 0 heterocycles. The van der Waals surface area contributed by atoms with Crippen LogP contribution in [-0.4, -0.2) is 38.8 Å². The first-order chi connectivity index (χ1) is 11.1. The first-order valence-corrected chi connectivity index (χ1v) is 8.37. The van der Waals surface area contributed by atoms with Crippen LogP contribution < -0.4 is 10.6 Å². The first-order valence-electron chi connectivity index (χ1n) is 8.37. The lowest BCUT2D eigenvalue weighted by atomic mass is 10.0. The van der Waals surface area contributed by atoms with E-state index in [9.17, 15) is 4.39 Å². The lowest BCUT2D eigenvalue weighted by Gasteiger charge is -2.21. The first kappa shape index (κ1) is 19.4. The Hall–Kier alpha value is -1.62. The molecule has 1 atom stereocenters. The van der Waals surface area contributed by atoms with Crippen molar-refractivity contribution in [2.75, 3.05) is 26.7 Å². The summed E-state index contributed by atoms with van der Waals surface area (Å²) in [6, 6.07) is 6.68. The van der Waals surface area contributed by atoms with Crippen LogP contribution in [0.15, 0.2) is 29.3 Å². The second-order valence-electron chi connectivity index (χ2n) is 5.83. The van der Waals surface area contributed by atoms with Crippen molar-refractivity contribution in [2.24, 2.45) is 10.9 Å². The number of aliphatic imine (C=N–C) groups is 1. The molecule has 2 N–H and O–H groups in total. The van der Waals surface area contributed by atoms with Gasteiger partial charge in [-0.1, -0.05) is 26.0 Å². The van der Waals surface area contributed by atoms with Crippen LogP contribution in [0.25, 0.3) is 0 Å². The summed E-state index contributed by atoms with van der Waals surface area (Å²) in [4.78, 5) is 4.20. The molecule has 0 bridgehead atoms. The predicted octanol–water partition coefficient (Wildman–Crippen LogP) is 2.98. The highest BCUT2D eigenvalue weighted by atomic mass is 19.1. The summed E-state index contributed by atoms with van der Waals surface area (Å²) in [5.41, 5.74) is 0.976. The summed E-state index contributed by atoms with van der Waals surface area (Å²) in [6.45, 7) is 8.63. The molecule has 1 unspecified atom stereocenters. The van der Waals surface area contributed by atoms with E-state index in [-0.39, 0.29) is 11.9 Å². The number of nitrogens with zero attached hydrogens (tertiary/aromatic N) is 1. The minimum atomic E-state index is -0.194. The standard InChI is InChI=1S/C18H30FN3O/c1-5-23-17(14(2)3)10-12-22-18(20-4)21-11-9-15-7-6-8-16(19)13-15/h6-8,13-14,17H,5,9-12H2,1-4H3,(H2,20,21,22). The zero-order valence-electron chi connectivity index (χ0n) is 14.7. The number of nitrogens with one attached hydrogen (secondary N) is 2. The minimum Gasteiger partial charge on any atom is -0.378 e. The van der Waals surface area contributed by atoms with E-state index in [4.69, 9.17) is 4.74 Å². The molecule has 0 amide bonds. The third kappa shape index (κ3) is 7.98. The summed E-state index contributed by atoms with van der Waals surface area (Å²) in [5, 5.41) is 6.54. The zero-order valence-corrected chi connectivity index (χ0v) is 14.7. The Balaban J connectivity index is 2.29. The molecular weight excluding hydrogens is 293 g/mol. The smallest absolute Gasteiger partial charge is 0.190 e. The Labute approximate surface area is 139 Å². The molecule has 0 radical (unpaired) electrons. The fraction of sp³-hybridized carbons (Fsp3) is 0.611. The number of benzene rings is 1. The summed E-state index contributed by atoms with van der Waals surface area (Å²) in [6.07, 6.45) is 1.96. The highest BCUT2D eigenvalue weighted by molar-refractivity contribution is 5.79. The average Bonchev–Trinajstić information content (AvgIpc) is 2.52. The molecule has 0 spiro atoms. The molecule has 4 nitrogen and oxygen atoms in total. The summed E-state index contributed by atoms with van der Waals surface area (Å²) >= 11 is 0. The lowest BCUT2D eigenvalue weighted by Crippen LogP contribution is -2.40. The third-order valence-corrected chi connectivity index (χ3v) is 3.66. The van der Waals surface area contributed by atoms with E-state index in [0.717, 1.165) is 37.5 Å². The van der Waals surface area contributed by atoms with E-state index in [0.29, 0.717) is 12.5 Å². The van der Waals surface area contributed by atoms with Crippen molar-refractivity contribution >= 4 is 5.96 Å². The van der Waals surface area contributed by atoms with Gasteiger partial charge in [0.25, 0.3) is 0 Å². The zero-order chi connectivity index (χ0) is 17.1. The monoisotopic (exact) mass is 323 g/mol. The molecule has 5 heteroatoms. The van der Waals surface area contributed by atoms with Crippen molar-refractivity contribution in [3.05, 3.63) is 35.6 Å². The average molecular weight is 323 g/mol. The summed E-state index contributed by atoms with van der Waals surface area (Å²) < 4.78 is 18.9. The lowest BCUT2D eigenvalue weighted by molar-refractivity contribution is 0.0258. The highest BCUT2D eigenvalue weighted by Crippen LogP contribution is 2.09. The van der Waals surface area contributed by atoms with Crippen molar-refractivity contribution in [3.8, 4) is 0 Å². The number of rotatable bonds is 9. The number of guanidine groups is 1. The molecule has 0 aliphatic rings. The van der Waals surface area contributed by atoms with Crippen LogP contribution >= 0.6 is 0 Å². The fourth-order valence-electron chi connectivity index (χ4n) is 2.39. The van der Waals surface area contributed by atoms with Crippen LogP contribution in [0, 0.1) is 11.7 Å². The molecule has 130 valence electrons. The van der Waals surface area contributed by atoms with E-state index in [1.165, 1.54) is 6.07 Å². The van der Waals surface area contributed by atoms with Gasteiger partial charge in [0.2, 0.25) is 0 Å². The molecule has 0 saturated heterocycles. The van der Waals surface area contributed by atoms with E-state index in [1.54, 1.807) is 19.2 Å². The van der Waals surface area contributed by atoms with Gasteiger partial charge in [-0.05, 0) is 43.4 Å². The normalized spacial score (nSPS) is 13.2. The number of hydrogen-bond acceptors (Lipinski definition) is 2. The SMILES string of the molecule is CCOC(CCNC(=NC)NCCc1cccc(F)c1)C(C)C. The van der Waals surface area contributed by atoms with Crippen LogP contribution in [0.3, 0.4) is 0 Å². The Bertz CT molecular complexity index is 477. The molecule has 1 rings (SSSR count). The van der Waals surface area contributed by atoms with E-state index in [1.807, 2.05) is 13.0 Å². The maximum atomic E-state index is 13.1. The second-order valence-corrected chi connectivity index (χ2v) is 5.83. The maximum Gasteiger partial charge on any atom is 0.190 e. The van der Waals surface area contributed by atoms with E-state index in [2.05, 4.69) is 29.5 Å². The third-order valence-electron chi connectivity index (χ3n) is 3.66. The summed E-state index contributed by atoms with van der Waals surface area (Å²) in [5.74, 6) is 1.07. The van der Waals surface area contributed by atoms with Gasteiger partial charge in [-0.3, -0.25) is 4.99 Å². The van der Waals surface area contributed by atoms with Crippen LogP contribution in [0.5, 0.6) is 0 Å². The van der Waals surface area contributed by atoms with Gasteiger partial charge >= 0.3 is 0 Å². The topological polar surface area (TPSA) is 45.6 Å². The van der Waals surface area contributed by atoms with Crippen LogP contribution in [0.1, 0.15) is 32.8 Å². The van der Waals surface area contributed by atoms with Gasteiger partial charge in [-0.25, -0.2) is 4.39 Å². The number of ether oxygens (including phenoxy) is 1. The molecule has 1 aromatic carbocycles. The molecule has 1 aromatic rings. The van der Waals surface area contributed by atoms with Crippen molar-refractivity contribution in [3.63, 3.8) is 0 Å². The fourth-order valence-corrected chi connectivity index (χ4v) is 2.39. The molecule has 0 aromatic heterocycles. The van der Waals surface area contributed by atoms with Gasteiger partial charge in [-0.2, -0.15) is 0 Å². The Morgan fingerprint density at radius 2 is 2.00 bits per heavy atom. The van der Waals surface area contributed by atoms with Crippen molar-refractivity contribution in [2.45, 2.75) is 39.7 Å². The minimum absolute atomic E-state index is 0.194.